The van der Waals surface area contributed by atoms with Crippen molar-refractivity contribution in [3.63, 3.8) is 0 Å². The fourth-order valence-electron chi connectivity index (χ4n) is 3.04. The molecule has 1 atom stereocenters. The van der Waals surface area contributed by atoms with E-state index in [1.807, 2.05) is 27.9 Å². The Kier molecular flexibility index (Phi) is 6.45. The van der Waals surface area contributed by atoms with Crippen molar-refractivity contribution in [3.05, 3.63) is 0 Å². The maximum Gasteiger partial charge on any atom is 0.329 e. The predicted molar refractivity (Wildman–Crippen MR) is 82.4 cm³/mol. The molecule has 1 rings (SSSR count). The topological polar surface area (TPSA) is 64.1 Å². The normalized spacial score (nSPS) is 21.9. The van der Waals surface area contributed by atoms with Gasteiger partial charge in [-0.3, -0.25) is 0 Å². The van der Waals surface area contributed by atoms with Crippen LogP contribution in [0.3, 0.4) is 0 Å². The summed E-state index contributed by atoms with van der Waals surface area (Å²) in [4.78, 5) is 29.8. The van der Waals surface area contributed by atoms with Crippen molar-refractivity contribution in [2.45, 2.75) is 45.1 Å². The standard InChI is InChI=1S/C15H29N3O3/c1-5-15(13(19)20)9-7-12-18(15)14(21)17(6-2)11-8-10-16(3)4/h5-12H2,1-4H3,(H,19,20). The Labute approximate surface area is 127 Å². The van der Waals surface area contributed by atoms with Crippen LogP contribution in [0.2, 0.25) is 0 Å². The van der Waals surface area contributed by atoms with Gasteiger partial charge < -0.3 is 19.8 Å². The molecule has 0 spiro atoms. The SMILES string of the molecule is CCN(CCCN(C)C)C(=O)N1CCCC1(CC)C(=O)O. The van der Waals surface area contributed by atoms with Crippen molar-refractivity contribution in [2.75, 3.05) is 40.3 Å². The molecule has 1 unspecified atom stereocenters. The van der Waals surface area contributed by atoms with Gasteiger partial charge >= 0.3 is 12.0 Å². The van der Waals surface area contributed by atoms with E-state index in [2.05, 4.69) is 4.90 Å². The molecule has 0 bridgehead atoms. The molecule has 1 saturated heterocycles. The van der Waals surface area contributed by atoms with Gasteiger partial charge in [-0.25, -0.2) is 9.59 Å². The van der Waals surface area contributed by atoms with E-state index in [0.717, 1.165) is 19.4 Å². The smallest absolute Gasteiger partial charge is 0.329 e. The Balaban J connectivity index is 2.76. The van der Waals surface area contributed by atoms with Gasteiger partial charge in [0.2, 0.25) is 0 Å². The molecule has 1 heterocycles. The summed E-state index contributed by atoms with van der Waals surface area (Å²) in [6, 6.07) is -0.127. The van der Waals surface area contributed by atoms with E-state index in [1.165, 1.54) is 0 Å². The summed E-state index contributed by atoms with van der Waals surface area (Å²) in [5, 5.41) is 9.57. The first-order valence-corrected chi connectivity index (χ1v) is 7.83. The monoisotopic (exact) mass is 299 g/mol. The number of carboxylic acids is 1. The van der Waals surface area contributed by atoms with Crippen molar-refractivity contribution in [3.8, 4) is 0 Å². The van der Waals surface area contributed by atoms with Crippen molar-refractivity contribution >= 4 is 12.0 Å². The second-order valence-electron chi connectivity index (χ2n) is 5.96. The van der Waals surface area contributed by atoms with Crippen LogP contribution in [-0.4, -0.2) is 77.6 Å². The fraction of sp³-hybridized carbons (Fsp3) is 0.867. The quantitative estimate of drug-likeness (QED) is 0.777. The zero-order valence-electron chi connectivity index (χ0n) is 13.8. The van der Waals surface area contributed by atoms with E-state index in [4.69, 9.17) is 0 Å². The van der Waals surface area contributed by atoms with Gasteiger partial charge in [-0.2, -0.15) is 0 Å². The van der Waals surface area contributed by atoms with Crippen LogP contribution in [0.25, 0.3) is 0 Å². The Morgan fingerprint density at radius 3 is 2.38 bits per heavy atom. The third kappa shape index (κ3) is 3.87. The molecule has 0 aromatic carbocycles. The van der Waals surface area contributed by atoms with Gasteiger partial charge in [0.15, 0.2) is 0 Å². The number of carbonyl (C=O) groups excluding carboxylic acids is 1. The van der Waals surface area contributed by atoms with Gasteiger partial charge in [0, 0.05) is 19.6 Å². The van der Waals surface area contributed by atoms with Crippen LogP contribution in [-0.2, 0) is 4.79 Å². The molecule has 122 valence electrons. The molecule has 21 heavy (non-hydrogen) atoms. The molecule has 0 aliphatic carbocycles. The summed E-state index contributed by atoms with van der Waals surface area (Å²) in [5.41, 5.74) is -1.01. The molecular formula is C15H29N3O3. The Morgan fingerprint density at radius 1 is 1.24 bits per heavy atom. The molecule has 1 N–H and O–H groups in total. The fourth-order valence-corrected chi connectivity index (χ4v) is 3.04. The minimum Gasteiger partial charge on any atom is -0.479 e. The lowest BCUT2D eigenvalue weighted by atomic mass is 9.93. The van der Waals surface area contributed by atoms with Crippen molar-refractivity contribution < 1.29 is 14.7 Å². The van der Waals surface area contributed by atoms with Gasteiger partial charge in [-0.05, 0) is 53.2 Å². The molecule has 6 heteroatoms. The second kappa shape index (κ2) is 7.64. The molecule has 0 saturated carbocycles. The number of carboxylic acid groups (broad SMARTS) is 1. The molecule has 0 aromatic heterocycles. The van der Waals surface area contributed by atoms with Crippen LogP contribution < -0.4 is 0 Å². The molecule has 2 amide bonds. The largest absolute Gasteiger partial charge is 0.479 e. The molecule has 6 nitrogen and oxygen atoms in total. The van der Waals surface area contributed by atoms with Gasteiger partial charge in [-0.15, -0.1) is 0 Å². The summed E-state index contributed by atoms with van der Waals surface area (Å²) in [7, 11) is 4.01. The number of nitrogens with zero attached hydrogens (tertiary/aromatic N) is 3. The summed E-state index contributed by atoms with van der Waals surface area (Å²) in [6.07, 6.45) is 2.68. The number of aliphatic carboxylic acids is 1. The molecule has 0 aromatic rings. The minimum absolute atomic E-state index is 0.127. The number of urea groups is 1. The minimum atomic E-state index is -1.01. The summed E-state index contributed by atoms with van der Waals surface area (Å²) >= 11 is 0. The van der Waals surface area contributed by atoms with Gasteiger partial charge in [0.1, 0.15) is 5.54 Å². The maximum absolute atomic E-state index is 12.7. The van der Waals surface area contributed by atoms with E-state index in [9.17, 15) is 14.7 Å². The number of hydrogen-bond donors (Lipinski definition) is 1. The zero-order chi connectivity index (χ0) is 16.0. The van der Waals surface area contributed by atoms with Gasteiger partial charge in [0.25, 0.3) is 0 Å². The third-order valence-electron chi connectivity index (χ3n) is 4.39. The zero-order valence-corrected chi connectivity index (χ0v) is 13.8. The highest BCUT2D eigenvalue weighted by atomic mass is 16.4. The van der Waals surface area contributed by atoms with E-state index < -0.39 is 11.5 Å². The third-order valence-corrected chi connectivity index (χ3v) is 4.39. The number of amides is 2. The molecule has 1 aliphatic heterocycles. The van der Waals surface area contributed by atoms with Crippen LogP contribution in [0.5, 0.6) is 0 Å². The lowest BCUT2D eigenvalue weighted by molar-refractivity contribution is -0.148. The van der Waals surface area contributed by atoms with Gasteiger partial charge in [-0.1, -0.05) is 6.92 Å². The second-order valence-corrected chi connectivity index (χ2v) is 5.96. The van der Waals surface area contributed by atoms with Crippen LogP contribution in [0.4, 0.5) is 4.79 Å². The molecular weight excluding hydrogens is 270 g/mol. The van der Waals surface area contributed by atoms with E-state index in [-0.39, 0.29) is 6.03 Å². The summed E-state index contributed by atoms with van der Waals surface area (Å²) in [6.45, 7) is 6.54. The van der Waals surface area contributed by atoms with E-state index in [0.29, 0.717) is 32.5 Å². The first-order valence-electron chi connectivity index (χ1n) is 7.83. The highest BCUT2D eigenvalue weighted by Gasteiger charge is 2.49. The lowest BCUT2D eigenvalue weighted by Crippen LogP contribution is -2.56. The van der Waals surface area contributed by atoms with Crippen molar-refractivity contribution in [1.29, 1.82) is 0 Å². The van der Waals surface area contributed by atoms with Gasteiger partial charge in [0.05, 0.1) is 0 Å². The molecule has 1 aliphatic rings. The highest BCUT2D eigenvalue weighted by molar-refractivity contribution is 5.87. The number of carbonyl (C=O) groups is 2. The van der Waals surface area contributed by atoms with Crippen molar-refractivity contribution in [1.82, 2.24) is 14.7 Å². The average molecular weight is 299 g/mol. The van der Waals surface area contributed by atoms with Crippen LogP contribution in [0, 0.1) is 0 Å². The average Bonchev–Trinajstić information content (AvgIpc) is 2.87. The number of rotatable bonds is 7. The predicted octanol–water partition coefficient (Wildman–Crippen LogP) is 1.71. The Morgan fingerprint density at radius 2 is 1.90 bits per heavy atom. The van der Waals surface area contributed by atoms with E-state index in [1.54, 1.807) is 9.80 Å². The molecule has 0 radical (unpaired) electrons. The first kappa shape index (κ1) is 17.8. The van der Waals surface area contributed by atoms with Crippen molar-refractivity contribution in [2.24, 2.45) is 0 Å². The maximum atomic E-state index is 12.7. The summed E-state index contributed by atoms with van der Waals surface area (Å²) < 4.78 is 0. The highest BCUT2D eigenvalue weighted by Crippen LogP contribution is 2.33. The lowest BCUT2D eigenvalue weighted by Gasteiger charge is -2.37. The van der Waals surface area contributed by atoms with Crippen LogP contribution in [0.15, 0.2) is 0 Å². The number of hydrogen-bond acceptors (Lipinski definition) is 3. The van der Waals surface area contributed by atoms with E-state index >= 15 is 0 Å². The Hall–Kier alpha value is -1.30. The summed E-state index contributed by atoms with van der Waals surface area (Å²) in [5.74, 6) is -0.875. The van der Waals surface area contributed by atoms with Crippen LogP contribution >= 0.6 is 0 Å². The number of likely N-dealkylation sites (tertiary alicyclic amines) is 1. The first-order chi connectivity index (χ1) is 9.89. The van der Waals surface area contributed by atoms with Crippen LogP contribution in [0.1, 0.15) is 39.5 Å². The molecule has 1 fully saturated rings. The Bertz CT molecular complexity index is 373.